The van der Waals surface area contributed by atoms with Gasteiger partial charge in [-0.05, 0) is 11.6 Å². The van der Waals surface area contributed by atoms with E-state index < -0.39 is 5.41 Å². The molecule has 0 fully saturated rings. The van der Waals surface area contributed by atoms with Crippen LogP contribution < -0.4 is 0 Å². The van der Waals surface area contributed by atoms with E-state index in [0.717, 1.165) is 5.56 Å². The van der Waals surface area contributed by atoms with Gasteiger partial charge in [0.25, 0.3) is 0 Å². The van der Waals surface area contributed by atoms with Crippen LogP contribution in [0.1, 0.15) is 5.56 Å². The van der Waals surface area contributed by atoms with Crippen LogP contribution in [-0.4, -0.2) is 0 Å². The highest BCUT2D eigenvalue weighted by Gasteiger charge is 2.29. The van der Waals surface area contributed by atoms with Crippen molar-refractivity contribution >= 4 is 11.6 Å². The third kappa shape index (κ3) is 1.69. The Bertz CT molecular complexity index is 454. The first-order chi connectivity index (χ1) is 7.28. The molecule has 0 N–H and O–H groups in total. The van der Waals surface area contributed by atoms with Crippen LogP contribution in [0.15, 0.2) is 48.6 Å². The fourth-order valence-electron chi connectivity index (χ4n) is 1.65. The molecule has 15 heavy (non-hydrogen) atoms. The normalized spacial score (nSPS) is 17.3. The van der Waals surface area contributed by atoms with E-state index in [0.29, 0.717) is 5.02 Å². The molecule has 0 amide bonds. The maximum Gasteiger partial charge on any atom is 0.120 e. The molecule has 0 saturated heterocycles. The molecule has 0 atom stereocenters. The van der Waals surface area contributed by atoms with Crippen LogP contribution in [0.4, 0.5) is 0 Å². The van der Waals surface area contributed by atoms with Crippen molar-refractivity contribution < 1.29 is 0 Å². The van der Waals surface area contributed by atoms with Crippen LogP contribution in [0.5, 0.6) is 0 Å². The van der Waals surface area contributed by atoms with Gasteiger partial charge in [-0.3, -0.25) is 0 Å². The summed E-state index contributed by atoms with van der Waals surface area (Å²) >= 11 is 6.10. The second-order valence-corrected chi connectivity index (χ2v) is 3.78. The van der Waals surface area contributed by atoms with E-state index in [2.05, 4.69) is 6.07 Å². The summed E-state index contributed by atoms with van der Waals surface area (Å²) in [6.45, 7) is 0. The average Bonchev–Trinajstić information content (AvgIpc) is 2.30. The summed E-state index contributed by atoms with van der Waals surface area (Å²) in [5.74, 6) is 0. The number of nitrogens with zero attached hydrogens (tertiary/aromatic N) is 1. The smallest absolute Gasteiger partial charge is 0.120 e. The lowest BCUT2D eigenvalue weighted by Gasteiger charge is -2.22. The molecule has 0 spiro atoms. The summed E-state index contributed by atoms with van der Waals surface area (Å²) in [4.78, 5) is 0. The highest BCUT2D eigenvalue weighted by molar-refractivity contribution is 6.31. The fraction of sp³-hybridized carbons (Fsp3) is 0.0769. The minimum atomic E-state index is -0.715. The van der Waals surface area contributed by atoms with Gasteiger partial charge in [-0.1, -0.05) is 54.1 Å². The van der Waals surface area contributed by atoms with E-state index in [1.54, 1.807) is 6.07 Å². The fourth-order valence-corrected chi connectivity index (χ4v) is 1.94. The third-order valence-electron chi connectivity index (χ3n) is 2.44. The zero-order chi connectivity index (χ0) is 10.7. The molecule has 0 saturated carbocycles. The summed E-state index contributed by atoms with van der Waals surface area (Å²) < 4.78 is 0. The number of benzene rings is 1. The maximum absolute atomic E-state index is 9.29. The third-order valence-corrected chi connectivity index (χ3v) is 2.77. The molecule has 2 rings (SSSR count). The Hall–Kier alpha value is -1.52. The first-order valence-corrected chi connectivity index (χ1v) is 5.03. The lowest BCUT2D eigenvalue weighted by Crippen LogP contribution is -2.20. The van der Waals surface area contributed by atoms with Crippen molar-refractivity contribution in [1.29, 1.82) is 5.26 Å². The molecule has 1 aliphatic carbocycles. The van der Waals surface area contributed by atoms with Crippen molar-refractivity contribution in [3.05, 3.63) is 65.6 Å². The molecule has 1 aliphatic rings. The zero-order valence-corrected chi connectivity index (χ0v) is 8.78. The second-order valence-electron chi connectivity index (χ2n) is 3.37. The van der Waals surface area contributed by atoms with E-state index in [9.17, 15) is 5.26 Å². The SMILES string of the molecule is N#CC1(c2ccccc2Cl)C=C[CH]C=C1. The van der Waals surface area contributed by atoms with E-state index in [4.69, 9.17) is 11.6 Å². The Labute approximate surface area is 94.3 Å². The van der Waals surface area contributed by atoms with Crippen LogP contribution in [0.25, 0.3) is 0 Å². The summed E-state index contributed by atoms with van der Waals surface area (Å²) in [5, 5.41) is 9.91. The van der Waals surface area contributed by atoms with E-state index in [1.807, 2.05) is 48.9 Å². The minimum absolute atomic E-state index is 0.621. The van der Waals surface area contributed by atoms with Crippen LogP contribution >= 0.6 is 11.6 Å². The Morgan fingerprint density at radius 2 is 1.80 bits per heavy atom. The van der Waals surface area contributed by atoms with Crippen molar-refractivity contribution in [3.63, 3.8) is 0 Å². The first-order valence-electron chi connectivity index (χ1n) is 4.65. The molecule has 73 valence electrons. The standard InChI is InChI=1S/C13H9ClN/c14-12-7-3-2-6-11(12)13(10-15)8-4-1-5-9-13/h1-9H. The molecule has 0 aliphatic heterocycles. The van der Waals surface area contributed by atoms with Gasteiger partial charge in [0, 0.05) is 11.4 Å². The summed E-state index contributed by atoms with van der Waals surface area (Å²) in [6, 6.07) is 9.73. The Balaban J connectivity index is 2.58. The van der Waals surface area contributed by atoms with Gasteiger partial charge in [0.05, 0.1) is 6.07 Å². The predicted octanol–water partition coefficient (Wildman–Crippen LogP) is 3.43. The second kappa shape index (κ2) is 3.92. The molecular formula is C13H9ClN. The van der Waals surface area contributed by atoms with Gasteiger partial charge < -0.3 is 0 Å². The van der Waals surface area contributed by atoms with Gasteiger partial charge >= 0.3 is 0 Å². The molecule has 0 aromatic heterocycles. The van der Waals surface area contributed by atoms with E-state index >= 15 is 0 Å². The maximum atomic E-state index is 9.29. The van der Waals surface area contributed by atoms with E-state index in [-0.39, 0.29) is 0 Å². The van der Waals surface area contributed by atoms with Gasteiger partial charge in [-0.15, -0.1) is 0 Å². The minimum Gasteiger partial charge on any atom is -0.197 e. The van der Waals surface area contributed by atoms with Crippen LogP contribution in [0, 0.1) is 17.8 Å². The van der Waals surface area contributed by atoms with Gasteiger partial charge in [0.15, 0.2) is 0 Å². The topological polar surface area (TPSA) is 23.8 Å². The van der Waals surface area contributed by atoms with Crippen molar-refractivity contribution in [3.8, 4) is 6.07 Å². The Morgan fingerprint density at radius 3 is 2.40 bits per heavy atom. The van der Waals surface area contributed by atoms with Gasteiger partial charge in [-0.2, -0.15) is 5.26 Å². The summed E-state index contributed by atoms with van der Waals surface area (Å²) in [5.41, 5.74) is 0.113. The highest BCUT2D eigenvalue weighted by Crippen LogP contribution is 2.34. The molecule has 1 radical (unpaired) electrons. The van der Waals surface area contributed by atoms with Gasteiger partial charge in [0.2, 0.25) is 0 Å². The van der Waals surface area contributed by atoms with Crippen LogP contribution in [0.3, 0.4) is 0 Å². The van der Waals surface area contributed by atoms with Crippen molar-refractivity contribution in [2.75, 3.05) is 0 Å². The lowest BCUT2D eigenvalue weighted by atomic mass is 9.79. The van der Waals surface area contributed by atoms with Gasteiger partial charge in [-0.25, -0.2) is 0 Å². The van der Waals surface area contributed by atoms with Crippen molar-refractivity contribution in [2.24, 2.45) is 0 Å². The Kier molecular flexibility index (Phi) is 2.62. The lowest BCUT2D eigenvalue weighted by molar-refractivity contribution is 0.863. The molecule has 0 bridgehead atoms. The number of hydrogen-bond donors (Lipinski definition) is 0. The Morgan fingerprint density at radius 1 is 1.13 bits per heavy atom. The van der Waals surface area contributed by atoms with Crippen molar-refractivity contribution in [1.82, 2.24) is 0 Å². The molecule has 1 aromatic carbocycles. The molecule has 0 unspecified atom stereocenters. The first kappa shape index (κ1) is 10.0. The number of nitriles is 1. The largest absolute Gasteiger partial charge is 0.197 e. The molecule has 1 aromatic rings. The number of rotatable bonds is 1. The average molecular weight is 215 g/mol. The summed E-state index contributed by atoms with van der Waals surface area (Å²) in [7, 11) is 0. The molecule has 2 heteroatoms. The monoisotopic (exact) mass is 214 g/mol. The number of hydrogen-bond acceptors (Lipinski definition) is 1. The van der Waals surface area contributed by atoms with Crippen molar-refractivity contribution in [2.45, 2.75) is 5.41 Å². The predicted molar refractivity (Wildman–Crippen MR) is 61.3 cm³/mol. The van der Waals surface area contributed by atoms with Gasteiger partial charge in [0.1, 0.15) is 5.41 Å². The highest BCUT2D eigenvalue weighted by atomic mass is 35.5. The number of allylic oxidation sites excluding steroid dienone is 4. The van der Waals surface area contributed by atoms with Crippen LogP contribution in [-0.2, 0) is 5.41 Å². The summed E-state index contributed by atoms with van der Waals surface area (Å²) in [6.07, 6.45) is 9.34. The number of halogens is 1. The zero-order valence-electron chi connectivity index (χ0n) is 8.02. The molecular weight excluding hydrogens is 206 g/mol. The molecule has 1 nitrogen and oxygen atoms in total. The van der Waals surface area contributed by atoms with Crippen LogP contribution in [0.2, 0.25) is 5.02 Å². The quantitative estimate of drug-likeness (QED) is 0.703. The van der Waals surface area contributed by atoms with E-state index in [1.165, 1.54) is 0 Å². The molecule has 0 heterocycles.